The lowest BCUT2D eigenvalue weighted by Gasteiger charge is -2.29. The van der Waals surface area contributed by atoms with Gasteiger partial charge in [0.15, 0.2) is 0 Å². The summed E-state index contributed by atoms with van der Waals surface area (Å²) >= 11 is 0. The molecule has 1 aliphatic rings. The topological polar surface area (TPSA) is 96.3 Å². The Morgan fingerprint density at radius 3 is 2.47 bits per heavy atom. The van der Waals surface area contributed by atoms with E-state index in [1.165, 1.54) is 4.90 Å². The first kappa shape index (κ1) is 23.2. The van der Waals surface area contributed by atoms with Crippen LogP contribution in [0.15, 0.2) is 60.7 Å². The third-order valence-corrected chi connectivity index (χ3v) is 5.38. The minimum atomic E-state index is -0.289. The monoisotopic (exact) mass is 459 g/mol. The summed E-state index contributed by atoms with van der Waals surface area (Å²) in [6, 6.07) is 18.6. The van der Waals surface area contributed by atoms with Gasteiger partial charge in [-0.2, -0.15) is 5.10 Å². The van der Waals surface area contributed by atoms with Crippen molar-refractivity contribution in [3.63, 3.8) is 0 Å². The van der Waals surface area contributed by atoms with E-state index in [1.807, 2.05) is 42.5 Å². The molecular formula is C26H29N5O3. The molecule has 2 heterocycles. The summed E-state index contributed by atoms with van der Waals surface area (Å²) in [5, 5.41) is 10.4. The molecule has 0 spiro atoms. The van der Waals surface area contributed by atoms with Crippen LogP contribution >= 0.6 is 0 Å². The highest BCUT2D eigenvalue weighted by molar-refractivity contribution is 6.10. The average molecular weight is 460 g/mol. The lowest BCUT2D eigenvalue weighted by Crippen LogP contribution is -2.42. The molecule has 1 aliphatic heterocycles. The maximum Gasteiger partial charge on any atom is 0.244 e. The zero-order valence-corrected chi connectivity index (χ0v) is 19.7. The fourth-order valence-electron chi connectivity index (χ4n) is 3.93. The maximum absolute atomic E-state index is 12.9. The number of fused-ring (bicyclic) bond motifs is 1. The normalized spacial score (nSPS) is 13.3. The van der Waals surface area contributed by atoms with Gasteiger partial charge in [0.05, 0.1) is 22.8 Å². The number of rotatable bonds is 6. The Balaban J connectivity index is 1.46. The summed E-state index contributed by atoms with van der Waals surface area (Å²) in [5.41, 5.74) is 2.99. The molecule has 34 heavy (non-hydrogen) atoms. The summed E-state index contributed by atoms with van der Waals surface area (Å²) in [5.74, 6) is -0.259. The van der Waals surface area contributed by atoms with Gasteiger partial charge in [0.25, 0.3) is 0 Å². The van der Waals surface area contributed by atoms with E-state index in [0.29, 0.717) is 17.2 Å². The zero-order chi connectivity index (χ0) is 24.3. The number of carbonyl (C=O) groups excluding carboxylic acids is 3. The first-order valence-electron chi connectivity index (χ1n) is 11.3. The van der Waals surface area contributed by atoms with E-state index >= 15 is 0 Å². The van der Waals surface area contributed by atoms with E-state index in [0.717, 1.165) is 17.8 Å². The van der Waals surface area contributed by atoms with E-state index in [9.17, 15) is 14.4 Å². The Labute approximate surface area is 199 Å². The van der Waals surface area contributed by atoms with E-state index in [4.69, 9.17) is 5.10 Å². The third kappa shape index (κ3) is 5.51. The van der Waals surface area contributed by atoms with Crippen LogP contribution in [0.25, 0.3) is 5.69 Å². The number of benzene rings is 2. The van der Waals surface area contributed by atoms with Crippen molar-refractivity contribution in [1.29, 1.82) is 0 Å². The van der Waals surface area contributed by atoms with Crippen molar-refractivity contribution < 1.29 is 14.4 Å². The SMILES string of the molecule is CC(C)(C)Cc1cc(NC(=O)CCC(=O)N2CC(=O)Nc3ccccc32)n(-c2ccccc2)n1. The molecule has 2 aromatic carbocycles. The number of nitrogens with one attached hydrogen (secondary N) is 2. The molecule has 0 saturated heterocycles. The molecular weight excluding hydrogens is 430 g/mol. The standard InChI is InChI=1S/C26H29N5O3/c1-26(2,3)16-18-15-22(31(29-18)19-9-5-4-6-10-19)28-23(32)13-14-25(34)30-17-24(33)27-20-11-7-8-12-21(20)30/h4-12,15H,13-14,16-17H2,1-3H3,(H,27,33)(H,28,32). The fourth-order valence-corrected chi connectivity index (χ4v) is 3.93. The molecule has 0 fully saturated rings. The van der Waals surface area contributed by atoms with Crippen LogP contribution in [0.2, 0.25) is 0 Å². The van der Waals surface area contributed by atoms with Crippen LogP contribution in [0.4, 0.5) is 17.2 Å². The van der Waals surface area contributed by atoms with Crippen molar-refractivity contribution in [2.75, 3.05) is 22.1 Å². The molecule has 3 aromatic rings. The number of hydrogen-bond acceptors (Lipinski definition) is 4. The minimum Gasteiger partial charge on any atom is -0.323 e. The maximum atomic E-state index is 12.9. The summed E-state index contributed by atoms with van der Waals surface area (Å²) in [4.78, 5) is 39.1. The van der Waals surface area contributed by atoms with Gasteiger partial charge in [0.2, 0.25) is 17.7 Å². The minimum absolute atomic E-state index is 0.00626. The Morgan fingerprint density at radius 2 is 1.74 bits per heavy atom. The highest BCUT2D eigenvalue weighted by Gasteiger charge is 2.27. The second kappa shape index (κ2) is 9.51. The van der Waals surface area contributed by atoms with Crippen LogP contribution in [-0.4, -0.2) is 34.0 Å². The molecule has 2 N–H and O–H groups in total. The first-order chi connectivity index (χ1) is 16.2. The van der Waals surface area contributed by atoms with Gasteiger partial charge in [-0.1, -0.05) is 51.1 Å². The quantitative estimate of drug-likeness (QED) is 0.578. The number of amides is 3. The number of aromatic nitrogens is 2. The van der Waals surface area contributed by atoms with E-state index < -0.39 is 0 Å². The molecule has 0 radical (unpaired) electrons. The van der Waals surface area contributed by atoms with Crippen molar-refractivity contribution >= 4 is 34.9 Å². The van der Waals surface area contributed by atoms with Crippen molar-refractivity contribution in [2.24, 2.45) is 5.41 Å². The molecule has 8 nitrogen and oxygen atoms in total. The Hall–Kier alpha value is -3.94. The third-order valence-electron chi connectivity index (χ3n) is 5.38. The van der Waals surface area contributed by atoms with Crippen LogP contribution in [-0.2, 0) is 20.8 Å². The van der Waals surface area contributed by atoms with Crippen LogP contribution < -0.4 is 15.5 Å². The molecule has 0 aliphatic carbocycles. The van der Waals surface area contributed by atoms with Gasteiger partial charge >= 0.3 is 0 Å². The zero-order valence-electron chi connectivity index (χ0n) is 19.7. The number of nitrogens with zero attached hydrogens (tertiary/aromatic N) is 3. The number of anilines is 3. The summed E-state index contributed by atoms with van der Waals surface area (Å²) in [6.07, 6.45) is 0.736. The van der Waals surface area contributed by atoms with Crippen LogP contribution in [0, 0.1) is 5.41 Å². The lowest BCUT2D eigenvalue weighted by molar-refractivity contribution is -0.124. The van der Waals surface area contributed by atoms with Crippen molar-refractivity contribution in [3.8, 4) is 5.69 Å². The van der Waals surface area contributed by atoms with Crippen molar-refractivity contribution in [1.82, 2.24) is 9.78 Å². The summed E-state index contributed by atoms with van der Waals surface area (Å²) in [7, 11) is 0. The predicted octanol–water partition coefficient (Wildman–Crippen LogP) is 4.16. The molecule has 4 rings (SSSR count). The molecule has 3 amide bonds. The molecule has 0 atom stereocenters. The summed E-state index contributed by atoms with van der Waals surface area (Å²) < 4.78 is 1.71. The molecule has 1 aromatic heterocycles. The molecule has 0 bridgehead atoms. The van der Waals surface area contributed by atoms with E-state index in [-0.39, 0.29) is 42.5 Å². The van der Waals surface area contributed by atoms with Crippen molar-refractivity contribution in [2.45, 2.75) is 40.0 Å². The Bertz CT molecular complexity index is 1210. The number of para-hydroxylation sites is 3. The van der Waals surface area contributed by atoms with Gasteiger partial charge in [0.1, 0.15) is 12.4 Å². The average Bonchev–Trinajstić information content (AvgIpc) is 3.17. The molecule has 8 heteroatoms. The Kier molecular flexibility index (Phi) is 6.49. The van der Waals surface area contributed by atoms with E-state index in [1.54, 1.807) is 22.9 Å². The first-order valence-corrected chi connectivity index (χ1v) is 11.3. The fraction of sp³-hybridized carbons (Fsp3) is 0.308. The van der Waals surface area contributed by atoms with Gasteiger partial charge in [-0.3, -0.25) is 14.4 Å². The van der Waals surface area contributed by atoms with Gasteiger partial charge < -0.3 is 15.5 Å². The number of hydrogen-bond donors (Lipinski definition) is 2. The molecule has 176 valence electrons. The number of carbonyl (C=O) groups is 3. The second-order valence-corrected chi connectivity index (χ2v) is 9.60. The smallest absolute Gasteiger partial charge is 0.244 e. The van der Waals surface area contributed by atoms with Gasteiger partial charge in [0, 0.05) is 18.9 Å². The highest BCUT2D eigenvalue weighted by Crippen LogP contribution is 2.29. The highest BCUT2D eigenvalue weighted by atomic mass is 16.2. The second-order valence-electron chi connectivity index (χ2n) is 9.60. The predicted molar refractivity (Wildman–Crippen MR) is 132 cm³/mol. The van der Waals surface area contributed by atoms with Crippen molar-refractivity contribution in [3.05, 3.63) is 66.4 Å². The van der Waals surface area contributed by atoms with Crippen LogP contribution in [0.5, 0.6) is 0 Å². The lowest BCUT2D eigenvalue weighted by atomic mass is 9.91. The molecule has 0 unspecified atom stereocenters. The van der Waals surface area contributed by atoms with Crippen LogP contribution in [0.3, 0.4) is 0 Å². The Morgan fingerprint density at radius 1 is 1.03 bits per heavy atom. The van der Waals surface area contributed by atoms with Gasteiger partial charge in [-0.05, 0) is 36.1 Å². The molecule has 0 saturated carbocycles. The van der Waals surface area contributed by atoms with Gasteiger partial charge in [-0.15, -0.1) is 0 Å². The summed E-state index contributed by atoms with van der Waals surface area (Å²) in [6.45, 7) is 6.35. The van der Waals surface area contributed by atoms with Gasteiger partial charge in [-0.25, -0.2) is 4.68 Å². The van der Waals surface area contributed by atoms with Crippen LogP contribution in [0.1, 0.15) is 39.3 Å². The van der Waals surface area contributed by atoms with E-state index in [2.05, 4.69) is 31.4 Å². The largest absolute Gasteiger partial charge is 0.323 e.